The third-order valence-corrected chi connectivity index (χ3v) is 6.76. The van der Waals surface area contributed by atoms with E-state index < -0.39 is 15.9 Å². The van der Waals surface area contributed by atoms with E-state index in [2.05, 4.69) is 10.6 Å². The molecule has 1 aliphatic heterocycles. The second-order valence-electron chi connectivity index (χ2n) is 6.90. The van der Waals surface area contributed by atoms with E-state index in [1.807, 2.05) is 0 Å². The maximum absolute atomic E-state index is 13.1. The molecule has 30 heavy (non-hydrogen) atoms. The summed E-state index contributed by atoms with van der Waals surface area (Å²) in [5.74, 6) is -0.401. The first-order chi connectivity index (χ1) is 14.4. The Morgan fingerprint density at radius 3 is 2.50 bits per heavy atom. The Hall–Kier alpha value is -2.91. The van der Waals surface area contributed by atoms with Crippen molar-refractivity contribution in [1.82, 2.24) is 9.62 Å². The Labute approximate surface area is 176 Å². The van der Waals surface area contributed by atoms with Crippen LogP contribution in [-0.2, 0) is 14.8 Å². The first-order valence-corrected chi connectivity index (χ1v) is 11.2. The van der Waals surface area contributed by atoms with Crippen LogP contribution in [0.3, 0.4) is 0 Å². The summed E-state index contributed by atoms with van der Waals surface area (Å²) >= 11 is 0. The number of rotatable bonds is 7. The first kappa shape index (κ1) is 21.8. The number of hydrogen-bond acceptors (Lipinski definition) is 5. The molecule has 160 valence electrons. The van der Waals surface area contributed by atoms with Crippen molar-refractivity contribution in [2.45, 2.75) is 24.2 Å². The summed E-state index contributed by atoms with van der Waals surface area (Å²) in [6, 6.07) is 12.8. The number of carbonyl (C=O) groups excluding carboxylic acids is 2. The van der Waals surface area contributed by atoms with Gasteiger partial charge in [-0.15, -0.1) is 0 Å². The van der Waals surface area contributed by atoms with E-state index in [1.165, 1.54) is 23.5 Å². The van der Waals surface area contributed by atoms with Crippen molar-refractivity contribution in [3.8, 4) is 5.75 Å². The summed E-state index contributed by atoms with van der Waals surface area (Å²) in [4.78, 5) is 24.2. The lowest BCUT2D eigenvalue weighted by atomic mass is 10.2. The van der Waals surface area contributed by atoms with Gasteiger partial charge < -0.3 is 15.4 Å². The highest BCUT2D eigenvalue weighted by Gasteiger charge is 2.29. The van der Waals surface area contributed by atoms with Gasteiger partial charge in [0.25, 0.3) is 11.8 Å². The fourth-order valence-electron chi connectivity index (χ4n) is 3.21. The standard InChI is InChI=1S/C21H25N3O5S/c1-22-20(25)15-29-17-9-7-8-16(14-17)23-21(26)18-10-3-4-11-19(18)30(27,28)24-12-5-2-6-13-24/h3-4,7-11,14H,2,5-6,12-13,15H2,1H3,(H,22,25)(H,23,26). The topological polar surface area (TPSA) is 105 Å². The molecule has 0 saturated carbocycles. The van der Waals surface area contributed by atoms with E-state index in [9.17, 15) is 18.0 Å². The van der Waals surface area contributed by atoms with Crippen LogP contribution in [0.25, 0.3) is 0 Å². The Balaban J connectivity index is 1.79. The molecule has 1 fully saturated rings. The van der Waals surface area contributed by atoms with Crippen LogP contribution in [0, 0.1) is 0 Å². The molecule has 2 amide bonds. The lowest BCUT2D eigenvalue weighted by Crippen LogP contribution is -2.36. The lowest BCUT2D eigenvalue weighted by Gasteiger charge is -2.26. The Bertz CT molecular complexity index is 1020. The number of piperidine rings is 1. The normalized spacial score (nSPS) is 14.7. The second-order valence-corrected chi connectivity index (χ2v) is 8.81. The second kappa shape index (κ2) is 9.73. The molecule has 0 unspecified atom stereocenters. The van der Waals surface area contributed by atoms with Crippen LogP contribution >= 0.6 is 0 Å². The average Bonchev–Trinajstić information content (AvgIpc) is 2.78. The van der Waals surface area contributed by atoms with Gasteiger partial charge >= 0.3 is 0 Å². The van der Waals surface area contributed by atoms with Gasteiger partial charge in [-0.3, -0.25) is 9.59 Å². The molecule has 8 nitrogen and oxygen atoms in total. The summed E-state index contributed by atoms with van der Waals surface area (Å²) in [5, 5.41) is 5.17. The highest BCUT2D eigenvalue weighted by molar-refractivity contribution is 7.89. The van der Waals surface area contributed by atoms with Gasteiger partial charge in [0.2, 0.25) is 10.0 Å². The molecule has 1 saturated heterocycles. The average molecular weight is 432 g/mol. The first-order valence-electron chi connectivity index (χ1n) is 9.76. The molecule has 1 aliphatic rings. The third-order valence-electron chi connectivity index (χ3n) is 4.81. The predicted molar refractivity (Wildman–Crippen MR) is 113 cm³/mol. The zero-order chi connectivity index (χ0) is 21.6. The zero-order valence-electron chi connectivity index (χ0n) is 16.8. The number of carbonyl (C=O) groups is 2. The number of amides is 2. The molecule has 0 radical (unpaired) electrons. The molecular formula is C21H25N3O5S. The predicted octanol–water partition coefficient (Wildman–Crippen LogP) is 2.24. The minimum Gasteiger partial charge on any atom is -0.484 e. The largest absolute Gasteiger partial charge is 0.484 e. The third kappa shape index (κ3) is 5.17. The van der Waals surface area contributed by atoms with Crippen LogP contribution < -0.4 is 15.4 Å². The fourth-order valence-corrected chi connectivity index (χ4v) is 4.91. The number of anilines is 1. The molecule has 0 atom stereocenters. The van der Waals surface area contributed by atoms with E-state index in [1.54, 1.807) is 36.4 Å². The van der Waals surface area contributed by atoms with Crippen molar-refractivity contribution in [2.24, 2.45) is 0 Å². The van der Waals surface area contributed by atoms with Gasteiger partial charge in [-0.25, -0.2) is 8.42 Å². The number of hydrogen-bond donors (Lipinski definition) is 2. The van der Waals surface area contributed by atoms with Crippen LogP contribution in [0.5, 0.6) is 5.75 Å². The number of nitrogens with one attached hydrogen (secondary N) is 2. The van der Waals surface area contributed by atoms with Gasteiger partial charge in [-0.1, -0.05) is 24.6 Å². The molecule has 1 heterocycles. The van der Waals surface area contributed by atoms with E-state index in [0.717, 1.165) is 19.3 Å². The fraction of sp³-hybridized carbons (Fsp3) is 0.333. The summed E-state index contributed by atoms with van der Waals surface area (Å²) in [7, 11) is -2.24. The van der Waals surface area contributed by atoms with E-state index in [0.29, 0.717) is 24.5 Å². The molecule has 9 heteroatoms. The molecule has 0 aliphatic carbocycles. The highest BCUT2D eigenvalue weighted by atomic mass is 32.2. The Kier molecular flexibility index (Phi) is 7.07. The van der Waals surface area contributed by atoms with Crippen LogP contribution in [0.4, 0.5) is 5.69 Å². The molecule has 3 rings (SSSR count). The Morgan fingerprint density at radius 2 is 1.77 bits per heavy atom. The number of nitrogens with zero attached hydrogens (tertiary/aromatic N) is 1. The summed E-state index contributed by atoms with van der Waals surface area (Å²) in [6.45, 7) is 0.775. The van der Waals surface area contributed by atoms with Crippen molar-refractivity contribution >= 4 is 27.5 Å². The van der Waals surface area contributed by atoms with Crippen LogP contribution in [-0.4, -0.2) is 51.3 Å². The highest BCUT2D eigenvalue weighted by Crippen LogP contribution is 2.25. The van der Waals surface area contributed by atoms with Crippen LogP contribution in [0.2, 0.25) is 0 Å². The van der Waals surface area contributed by atoms with Gasteiger partial charge in [-0.2, -0.15) is 4.31 Å². The molecule has 2 aromatic rings. The number of ether oxygens (including phenoxy) is 1. The van der Waals surface area contributed by atoms with Crippen molar-refractivity contribution < 1.29 is 22.7 Å². The van der Waals surface area contributed by atoms with Gasteiger partial charge in [0.1, 0.15) is 5.75 Å². The number of benzene rings is 2. The lowest BCUT2D eigenvalue weighted by molar-refractivity contribution is -0.122. The SMILES string of the molecule is CNC(=O)COc1cccc(NC(=O)c2ccccc2S(=O)(=O)N2CCCCC2)c1. The number of sulfonamides is 1. The quantitative estimate of drug-likeness (QED) is 0.700. The maximum Gasteiger partial charge on any atom is 0.257 e. The zero-order valence-corrected chi connectivity index (χ0v) is 17.6. The van der Waals surface area contributed by atoms with Crippen molar-refractivity contribution in [3.63, 3.8) is 0 Å². The minimum atomic E-state index is -3.76. The molecular weight excluding hydrogens is 406 g/mol. The van der Waals surface area contributed by atoms with E-state index in [-0.39, 0.29) is 23.0 Å². The molecule has 0 aromatic heterocycles. The van der Waals surface area contributed by atoms with Gasteiger partial charge in [-0.05, 0) is 37.1 Å². The van der Waals surface area contributed by atoms with Crippen molar-refractivity contribution in [3.05, 3.63) is 54.1 Å². The molecule has 2 aromatic carbocycles. The Morgan fingerprint density at radius 1 is 1.03 bits per heavy atom. The maximum atomic E-state index is 13.1. The van der Waals surface area contributed by atoms with Crippen LogP contribution in [0.1, 0.15) is 29.6 Å². The van der Waals surface area contributed by atoms with Gasteiger partial charge in [0.05, 0.1) is 10.5 Å². The molecule has 0 spiro atoms. The number of likely N-dealkylation sites (N-methyl/N-ethyl adjacent to an activating group) is 1. The summed E-state index contributed by atoms with van der Waals surface area (Å²) in [5.41, 5.74) is 0.513. The minimum absolute atomic E-state index is 0.00331. The van der Waals surface area contributed by atoms with Crippen molar-refractivity contribution in [1.29, 1.82) is 0 Å². The summed E-state index contributed by atoms with van der Waals surface area (Å²) in [6.07, 6.45) is 2.64. The molecule has 2 N–H and O–H groups in total. The summed E-state index contributed by atoms with van der Waals surface area (Å²) < 4.78 is 33.0. The monoisotopic (exact) mass is 431 g/mol. The smallest absolute Gasteiger partial charge is 0.257 e. The van der Waals surface area contributed by atoms with Crippen molar-refractivity contribution in [2.75, 3.05) is 32.1 Å². The van der Waals surface area contributed by atoms with Crippen LogP contribution in [0.15, 0.2) is 53.4 Å². The van der Waals surface area contributed by atoms with E-state index >= 15 is 0 Å². The van der Waals surface area contributed by atoms with E-state index in [4.69, 9.17) is 4.74 Å². The van der Waals surface area contributed by atoms with Gasteiger partial charge in [0.15, 0.2) is 6.61 Å². The molecule has 0 bridgehead atoms. The van der Waals surface area contributed by atoms with Gasteiger partial charge in [0, 0.05) is 31.9 Å².